The second kappa shape index (κ2) is 5.98. The number of ether oxygens (including phenoxy) is 1. The molecular formula is C19H19NO2. The van der Waals surface area contributed by atoms with E-state index in [4.69, 9.17) is 4.74 Å². The van der Waals surface area contributed by atoms with Gasteiger partial charge in [0.1, 0.15) is 0 Å². The van der Waals surface area contributed by atoms with E-state index in [-0.39, 0.29) is 11.8 Å². The minimum Gasteiger partial charge on any atom is -0.504 e. The molecule has 0 spiro atoms. The van der Waals surface area contributed by atoms with Crippen LogP contribution in [0.25, 0.3) is 10.8 Å². The Morgan fingerprint density at radius 3 is 2.59 bits per heavy atom. The zero-order chi connectivity index (χ0) is 15.5. The summed E-state index contributed by atoms with van der Waals surface area (Å²) in [6.07, 6.45) is 0. The lowest BCUT2D eigenvalue weighted by molar-refractivity contribution is 0.373. The molecule has 0 fully saturated rings. The van der Waals surface area contributed by atoms with Crippen LogP contribution in [0.5, 0.6) is 11.5 Å². The Morgan fingerprint density at radius 1 is 1.00 bits per heavy atom. The van der Waals surface area contributed by atoms with Crippen LogP contribution in [-0.2, 0) is 0 Å². The van der Waals surface area contributed by atoms with Gasteiger partial charge in [0.2, 0.25) is 0 Å². The first-order valence-electron chi connectivity index (χ1n) is 7.30. The zero-order valence-corrected chi connectivity index (χ0v) is 12.7. The lowest BCUT2D eigenvalue weighted by Gasteiger charge is -2.18. The van der Waals surface area contributed by atoms with Gasteiger partial charge in [-0.05, 0) is 36.1 Å². The Hall–Kier alpha value is -2.68. The van der Waals surface area contributed by atoms with Crippen LogP contribution in [0.4, 0.5) is 5.69 Å². The summed E-state index contributed by atoms with van der Waals surface area (Å²) in [5.41, 5.74) is 2.15. The maximum Gasteiger partial charge on any atom is 0.160 e. The van der Waals surface area contributed by atoms with E-state index < -0.39 is 0 Å². The van der Waals surface area contributed by atoms with Crippen molar-refractivity contribution in [1.82, 2.24) is 0 Å². The topological polar surface area (TPSA) is 41.5 Å². The van der Waals surface area contributed by atoms with Gasteiger partial charge >= 0.3 is 0 Å². The van der Waals surface area contributed by atoms with E-state index in [2.05, 4.69) is 42.6 Å². The average molecular weight is 293 g/mol. The number of aromatic hydroxyl groups is 1. The normalized spacial score (nSPS) is 12.1. The third kappa shape index (κ3) is 2.70. The second-order valence-corrected chi connectivity index (χ2v) is 5.32. The molecule has 3 aromatic rings. The maximum absolute atomic E-state index is 9.70. The van der Waals surface area contributed by atoms with Crippen LogP contribution in [0.15, 0.2) is 60.7 Å². The molecule has 3 rings (SSSR count). The van der Waals surface area contributed by atoms with Gasteiger partial charge in [0, 0.05) is 17.1 Å². The molecule has 112 valence electrons. The summed E-state index contributed by atoms with van der Waals surface area (Å²) >= 11 is 0. The molecule has 1 atom stereocenters. The molecule has 22 heavy (non-hydrogen) atoms. The van der Waals surface area contributed by atoms with Crippen LogP contribution >= 0.6 is 0 Å². The van der Waals surface area contributed by atoms with Crippen LogP contribution in [0, 0.1) is 0 Å². The Kier molecular flexibility index (Phi) is 3.88. The Bertz CT molecular complexity index is 793. The highest BCUT2D eigenvalue weighted by molar-refractivity contribution is 5.93. The van der Waals surface area contributed by atoms with Crippen LogP contribution in [-0.4, -0.2) is 12.2 Å². The standard InChI is InChI=1S/C19H19NO2/c1-13(15-10-11-18(21)19(12-15)22-2)20-17-9-5-7-14-6-3-4-8-16(14)17/h3-13,20-21H,1-2H3. The van der Waals surface area contributed by atoms with Crippen LogP contribution in [0.3, 0.4) is 0 Å². The first kappa shape index (κ1) is 14.3. The molecule has 3 nitrogen and oxygen atoms in total. The predicted molar refractivity (Wildman–Crippen MR) is 90.6 cm³/mol. The quantitative estimate of drug-likeness (QED) is 0.731. The number of rotatable bonds is 4. The molecule has 2 N–H and O–H groups in total. The van der Waals surface area contributed by atoms with Crippen molar-refractivity contribution in [3.05, 3.63) is 66.2 Å². The third-order valence-corrected chi connectivity index (χ3v) is 3.87. The van der Waals surface area contributed by atoms with E-state index in [1.54, 1.807) is 13.2 Å². The lowest BCUT2D eigenvalue weighted by atomic mass is 10.1. The van der Waals surface area contributed by atoms with Crippen molar-refractivity contribution in [3.63, 3.8) is 0 Å². The minimum atomic E-state index is 0.0975. The van der Waals surface area contributed by atoms with Gasteiger partial charge in [0.25, 0.3) is 0 Å². The van der Waals surface area contributed by atoms with E-state index in [0.29, 0.717) is 5.75 Å². The van der Waals surface area contributed by atoms with E-state index in [9.17, 15) is 5.11 Å². The molecule has 3 aromatic carbocycles. The summed E-state index contributed by atoms with van der Waals surface area (Å²) in [5, 5.41) is 15.6. The van der Waals surface area contributed by atoms with Crippen molar-refractivity contribution >= 4 is 16.5 Å². The number of nitrogens with one attached hydrogen (secondary N) is 1. The molecule has 0 amide bonds. The largest absolute Gasteiger partial charge is 0.504 e. The first-order valence-corrected chi connectivity index (χ1v) is 7.30. The highest BCUT2D eigenvalue weighted by Crippen LogP contribution is 2.31. The van der Waals surface area contributed by atoms with Crippen LogP contribution < -0.4 is 10.1 Å². The van der Waals surface area contributed by atoms with Crippen molar-refractivity contribution in [2.24, 2.45) is 0 Å². The van der Waals surface area contributed by atoms with Crippen molar-refractivity contribution in [2.45, 2.75) is 13.0 Å². The Morgan fingerprint density at radius 2 is 1.77 bits per heavy atom. The number of hydrogen-bond acceptors (Lipinski definition) is 3. The van der Waals surface area contributed by atoms with E-state index >= 15 is 0 Å². The number of methoxy groups -OCH3 is 1. The zero-order valence-electron chi connectivity index (χ0n) is 12.7. The number of hydrogen-bond donors (Lipinski definition) is 2. The summed E-state index contributed by atoms with van der Waals surface area (Å²) in [6.45, 7) is 2.09. The van der Waals surface area contributed by atoms with Gasteiger partial charge in [-0.2, -0.15) is 0 Å². The number of phenolic OH excluding ortho intramolecular Hbond substituents is 1. The van der Waals surface area contributed by atoms with Crippen LogP contribution in [0.1, 0.15) is 18.5 Å². The molecule has 0 saturated heterocycles. The molecule has 0 aromatic heterocycles. The van der Waals surface area contributed by atoms with E-state index in [0.717, 1.165) is 11.3 Å². The molecule has 0 heterocycles. The van der Waals surface area contributed by atoms with Crippen molar-refractivity contribution in [2.75, 3.05) is 12.4 Å². The number of fused-ring (bicyclic) bond motifs is 1. The van der Waals surface area contributed by atoms with E-state index in [1.165, 1.54) is 10.8 Å². The SMILES string of the molecule is COc1cc(C(C)Nc2cccc3ccccc23)ccc1O. The van der Waals surface area contributed by atoms with Gasteiger partial charge in [-0.25, -0.2) is 0 Å². The molecule has 0 bridgehead atoms. The van der Waals surface area contributed by atoms with Gasteiger partial charge in [0.15, 0.2) is 11.5 Å². The fourth-order valence-corrected chi connectivity index (χ4v) is 2.63. The highest BCUT2D eigenvalue weighted by atomic mass is 16.5. The molecule has 1 unspecified atom stereocenters. The summed E-state index contributed by atoms with van der Waals surface area (Å²) in [4.78, 5) is 0. The Labute approximate surface area is 130 Å². The summed E-state index contributed by atoms with van der Waals surface area (Å²) in [7, 11) is 1.56. The van der Waals surface area contributed by atoms with Gasteiger partial charge in [-0.1, -0.05) is 42.5 Å². The lowest BCUT2D eigenvalue weighted by Crippen LogP contribution is -2.07. The maximum atomic E-state index is 9.70. The summed E-state index contributed by atoms with van der Waals surface area (Å²) in [5.74, 6) is 0.646. The predicted octanol–water partition coefficient (Wildman–Crippen LogP) is 4.73. The van der Waals surface area contributed by atoms with Gasteiger partial charge < -0.3 is 15.2 Å². The number of benzene rings is 3. The molecule has 3 heteroatoms. The molecule has 0 aliphatic heterocycles. The average Bonchev–Trinajstić information content (AvgIpc) is 2.55. The first-order chi connectivity index (χ1) is 10.7. The van der Waals surface area contributed by atoms with Crippen molar-refractivity contribution < 1.29 is 9.84 Å². The third-order valence-electron chi connectivity index (χ3n) is 3.87. The molecule has 0 aliphatic carbocycles. The number of anilines is 1. The smallest absolute Gasteiger partial charge is 0.160 e. The molecule has 0 radical (unpaired) electrons. The second-order valence-electron chi connectivity index (χ2n) is 5.32. The van der Waals surface area contributed by atoms with Gasteiger partial charge in [-0.15, -0.1) is 0 Å². The van der Waals surface area contributed by atoms with Gasteiger partial charge in [0.05, 0.1) is 7.11 Å². The van der Waals surface area contributed by atoms with Crippen LogP contribution in [0.2, 0.25) is 0 Å². The van der Waals surface area contributed by atoms with Crippen molar-refractivity contribution in [3.8, 4) is 11.5 Å². The highest BCUT2D eigenvalue weighted by Gasteiger charge is 2.10. The fraction of sp³-hybridized carbons (Fsp3) is 0.158. The van der Waals surface area contributed by atoms with Gasteiger partial charge in [-0.3, -0.25) is 0 Å². The summed E-state index contributed by atoms with van der Waals surface area (Å²) < 4.78 is 5.18. The minimum absolute atomic E-state index is 0.0975. The monoisotopic (exact) mass is 293 g/mol. The summed E-state index contributed by atoms with van der Waals surface area (Å²) in [6, 6.07) is 20.1. The van der Waals surface area contributed by atoms with Crippen molar-refractivity contribution in [1.29, 1.82) is 0 Å². The number of phenols is 1. The molecule has 0 saturated carbocycles. The van der Waals surface area contributed by atoms with E-state index in [1.807, 2.05) is 24.3 Å². The Balaban J connectivity index is 1.91. The fourth-order valence-electron chi connectivity index (χ4n) is 2.63. The molecular weight excluding hydrogens is 274 g/mol. The molecule has 0 aliphatic rings.